The second kappa shape index (κ2) is 14.2. The molecule has 0 spiro atoms. The van der Waals surface area contributed by atoms with Crippen molar-refractivity contribution in [2.75, 3.05) is 19.8 Å². The minimum Gasteiger partial charge on any atom is -0.393 e. The molecule has 0 saturated carbocycles. The lowest BCUT2D eigenvalue weighted by Gasteiger charge is -2.46. The second-order valence-corrected chi connectivity index (χ2v) is 17.0. The fourth-order valence-electron chi connectivity index (χ4n) is 5.12. The van der Waals surface area contributed by atoms with Crippen molar-refractivity contribution in [3.05, 3.63) is 73.3 Å². The fourth-order valence-corrected chi connectivity index (χ4v) is 12.2. The average molecular weight is 561 g/mol. The van der Waals surface area contributed by atoms with Crippen LogP contribution in [-0.4, -0.2) is 46.4 Å². The van der Waals surface area contributed by atoms with E-state index in [-0.39, 0.29) is 31.0 Å². The number of benzene rings is 2. The molecule has 1 aliphatic heterocycles. The van der Waals surface area contributed by atoms with Crippen LogP contribution in [0.2, 0.25) is 5.04 Å². The summed E-state index contributed by atoms with van der Waals surface area (Å²) in [6.45, 7) is 15.4. The Labute approximate surface area is 230 Å². The summed E-state index contributed by atoms with van der Waals surface area (Å²) >= 11 is 0. The Morgan fingerprint density at radius 3 is 1.97 bits per heavy atom. The Bertz CT molecular complexity index is 971. The summed E-state index contributed by atoms with van der Waals surface area (Å²) in [5.74, 6) is -0.875. The number of hydrogen-bond donors (Lipinski definition) is 0. The van der Waals surface area contributed by atoms with Crippen LogP contribution in [0.25, 0.3) is 0 Å². The maximum Gasteiger partial charge on any atom is 0.358 e. The zero-order valence-electron chi connectivity index (χ0n) is 23.6. The van der Waals surface area contributed by atoms with E-state index < -0.39 is 27.9 Å². The monoisotopic (exact) mass is 560 g/mol. The van der Waals surface area contributed by atoms with Crippen LogP contribution in [0.3, 0.4) is 0 Å². The zero-order chi connectivity index (χ0) is 27.7. The van der Waals surface area contributed by atoms with E-state index in [0.717, 1.165) is 29.6 Å². The third kappa shape index (κ3) is 7.33. The summed E-state index contributed by atoms with van der Waals surface area (Å²) in [4.78, 5) is 0. The van der Waals surface area contributed by atoms with Crippen LogP contribution in [0.15, 0.2) is 73.3 Å². The zero-order valence-corrected chi connectivity index (χ0v) is 25.5. The molecule has 3 atom stereocenters. The van der Waals surface area contributed by atoms with E-state index in [2.05, 4.69) is 51.6 Å². The van der Waals surface area contributed by atoms with Crippen molar-refractivity contribution < 1.29 is 27.5 Å². The van der Waals surface area contributed by atoms with Gasteiger partial charge in [0.1, 0.15) is 0 Å². The van der Waals surface area contributed by atoms with Crippen molar-refractivity contribution in [3.63, 3.8) is 0 Å². The standard InChI is InChI=1S/C30H45O6PSi/c1-7-25(35-28-22-16-17-23-32-28)24-29(37(31,33-8-2)34-9-3)36-38(30(4,5)6,26-18-12-10-13-19-26)27-20-14-11-15-21-27/h7,10-15,18-21,25,28-29H,1,8-9,16-17,22-24H2,2-6H3/t25?,28-,29+/m0/s1. The molecule has 2 aromatic rings. The van der Waals surface area contributed by atoms with Gasteiger partial charge >= 0.3 is 7.60 Å². The summed E-state index contributed by atoms with van der Waals surface area (Å²) in [7, 11) is -6.78. The Kier molecular flexibility index (Phi) is 11.5. The molecular weight excluding hydrogens is 515 g/mol. The molecule has 0 N–H and O–H groups in total. The molecule has 1 fully saturated rings. The van der Waals surface area contributed by atoms with Gasteiger partial charge in [-0.05, 0) is 48.5 Å². The van der Waals surface area contributed by atoms with E-state index in [1.165, 1.54) is 0 Å². The van der Waals surface area contributed by atoms with Gasteiger partial charge in [-0.3, -0.25) is 4.57 Å². The highest BCUT2D eigenvalue weighted by Gasteiger charge is 2.54. The maximum atomic E-state index is 14.5. The van der Waals surface area contributed by atoms with Crippen molar-refractivity contribution in [3.8, 4) is 0 Å². The molecule has 1 saturated heterocycles. The van der Waals surface area contributed by atoms with Gasteiger partial charge in [-0.1, -0.05) is 87.5 Å². The first-order chi connectivity index (χ1) is 18.2. The van der Waals surface area contributed by atoms with Gasteiger partial charge in [0.15, 0.2) is 12.1 Å². The molecule has 0 bridgehead atoms. The molecule has 1 heterocycles. The van der Waals surface area contributed by atoms with E-state index in [1.807, 2.05) is 50.2 Å². The summed E-state index contributed by atoms with van der Waals surface area (Å²) in [5.41, 5.74) is 0. The lowest BCUT2D eigenvalue weighted by Crippen LogP contribution is -2.67. The number of rotatable bonds is 14. The molecule has 2 aromatic carbocycles. The predicted molar refractivity (Wildman–Crippen MR) is 157 cm³/mol. The SMILES string of the molecule is C=CC(C[C@H](O[Si](c1ccccc1)(c1ccccc1)C(C)(C)C)P(=O)(OCC)OCC)O[C@H]1CCCCO1. The van der Waals surface area contributed by atoms with Gasteiger partial charge in [-0.15, -0.1) is 6.58 Å². The second-order valence-electron chi connectivity index (χ2n) is 10.6. The first-order valence-corrected chi connectivity index (χ1v) is 17.3. The topological polar surface area (TPSA) is 63.2 Å². The normalized spacial score (nSPS) is 18.6. The minimum atomic E-state index is -3.71. The summed E-state index contributed by atoms with van der Waals surface area (Å²) in [6, 6.07) is 20.6. The van der Waals surface area contributed by atoms with Crippen LogP contribution in [-0.2, 0) is 27.5 Å². The van der Waals surface area contributed by atoms with Gasteiger partial charge in [0.25, 0.3) is 8.32 Å². The molecule has 1 unspecified atom stereocenters. The van der Waals surface area contributed by atoms with Crippen molar-refractivity contribution in [1.82, 2.24) is 0 Å². The lowest BCUT2D eigenvalue weighted by molar-refractivity contribution is -0.181. The predicted octanol–water partition coefficient (Wildman–Crippen LogP) is 6.64. The molecule has 0 radical (unpaired) electrons. The van der Waals surface area contributed by atoms with E-state index in [1.54, 1.807) is 6.08 Å². The Balaban J connectivity index is 2.13. The quantitative estimate of drug-likeness (QED) is 0.147. The van der Waals surface area contributed by atoms with Crippen molar-refractivity contribution in [1.29, 1.82) is 0 Å². The Hall–Kier alpha value is -1.57. The Morgan fingerprint density at radius 2 is 1.55 bits per heavy atom. The van der Waals surface area contributed by atoms with Gasteiger partial charge in [-0.25, -0.2) is 0 Å². The molecule has 38 heavy (non-hydrogen) atoms. The third-order valence-electron chi connectivity index (χ3n) is 6.86. The van der Waals surface area contributed by atoms with Gasteiger partial charge in [0.05, 0.1) is 19.3 Å². The van der Waals surface area contributed by atoms with Crippen LogP contribution >= 0.6 is 7.60 Å². The molecule has 3 rings (SSSR count). The van der Waals surface area contributed by atoms with Crippen molar-refractivity contribution in [2.24, 2.45) is 0 Å². The summed E-state index contributed by atoms with van der Waals surface area (Å²) in [5, 5.41) is 1.87. The summed E-state index contributed by atoms with van der Waals surface area (Å²) in [6.07, 6.45) is 4.13. The molecule has 1 aliphatic rings. The molecular formula is C30H45O6PSi. The van der Waals surface area contributed by atoms with Crippen LogP contribution in [0.4, 0.5) is 0 Å². The first kappa shape index (κ1) is 31.0. The van der Waals surface area contributed by atoms with Gasteiger partial charge in [0.2, 0.25) is 0 Å². The van der Waals surface area contributed by atoms with Crippen LogP contribution in [0, 0.1) is 0 Å². The van der Waals surface area contributed by atoms with Gasteiger partial charge in [0, 0.05) is 13.0 Å². The lowest BCUT2D eigenvalue weighted by atomic mass is 10.2. The Morgan fingerprint density at radius 1 is 1.00 bits per heavy atom. The highest BCUT2D eigenvalue weighted by atomic mass is 31.2. The number of ether oxygens (including phenoxy) is 2. The number of hydrogen-bond acceptors (Lipinski definition) is 6. The van der Waals surface area contributed by atoms with Gasteiger partial charge < -0.3 is 22.9 Å². The summed E-state index contributed by atoms with van der Waals surface area (Å²) < 4.78 is 45.7. The maximum absolute atomic E-state index is 14.5. The van der Waals surface area contributed by atoms with Crippen molar-refractivity contribution >= 4 is 26.3 Å². The van der Waals surface area contributed by atoms with Crippen LogP contribution < -0.4 is 10.4 Å². The van der Waals surface area contributed by atoms with E-state index >= 15 is 0 Å². The van der Waals surface area contributed by atoms with E-state index in [9.17, 15) is 4.57 Å². The third-order valence-corrected chi connectivity index (χ3v) is 14.4. The molecule has 0 aliphatic carbocycles. The van der Waals surface area contributed by atoms with Crippen LogP contribution in [0.5, 0.6) is 0 Å². The average Bonchev–Trinajstić information content (AvgIpc) is 2.91. The van der Waals surface area contributed by atoms with E-state index in [0.29, 0.717) is 6.61 Å². The van der Waals surface area contributed by atoms with E-state index in [4.69, 9.17) is 22.9 Å². The smallest absolute Gasteiger partial charge is 0.358 e. The highest BCUT2D eigenvalue weighted by molar-refractivity contribution is 7.54. The molecule has 0 amide bonds. The van der Waals surface area contributed by atoms with Crippen molar-refractivity contribution in [2.45, 2.75) is 83.6 Å². The van der Waals surface area contributed by atoms with Gasteiger partial charge in [-0.2, -0.15) is 0 Å². The molecule has 8 heteroatoms. The van der Waals surface area contributed by atoms with Crippen LogP contribution in [0.1, 0.15) is 60.3 Å². The molecule has 0 aromatic heterocycles. The molecule has 210 valence electrons. The minimum absolute atomic E-state index is 0.239. The first-order valence-electron chi connectivity index (χ1n) is 13.8. The largest absolute Gasteiger partial charge is 0.393 e. The fraction of sp³-hybridized carbons (Fsp3) is 0.533. The molecule has 6 nitrogen and oxygen atoms in total. The highest BCUT2D eigenvalue weighted by Crippen LogP contribution is 2.57.